The Bertz CT molecular complexity index is 439. The van der Waals surface area contributed by atoms with Crippen molar-refractivity contribution in [3.8, 4) is 0 Å². The highest BCUT2D eigenvalue weighted by Crippen LogP contribution is 2.31. The summed E-state index contributed by atoms with van der Waals surface area (Å²) < 4.78 is 1.17. The zero-order chi connectivity index (χ0) is 14.7. The largest absolute Gasteiger partial charge is 0.311 e. The molecule has 1 aromatic rings. The molecule has 1 N–H and O–H groups in total. The third-order valence-corrected chi connectivity index (χ3v) is 5.67. The second kappa shape index (κ2) is 7.26. The van der Waals surface area contributed by atoms with Crippen molar-refractivity contribution in [1.82, 2.24) is 10.2 Å². The lowest BCUT2D eigenvalue weighted by Crippen LogP contribution is -2.57. The fourth-order valence-electron chi connectivity index (χ4n) is 3.99. The molecule has 2 nitrogen and oxygen atoms in total. The van der Waals surface area contributed by atoms with E-state index >= 15 is 0 Å². The Morgan fingerprint density at radius 2 is 1.86 bits per heavy atom. The van der Waals surface area contributed by atoms with E-state index in [9.17, 15) is 0 Å². The van der Waals surface area contributed by atoms with Gasteiger partial charge < -0.3 is 5.32 Å². The van der Waals surface area contributed by atoms with Gasteiger partial charge in [0.25, 0.3) is 0 Å². The number of hydrogen-bond acceptors (Lipinski definition) is 2. The molecule has 1 aromatic carbocycles. The molecule has 0 radical (unpaired) electrons. The van der Waals surface area contributed by atoms with Gasteiger partial charge in [0.05, 0.1) is 0 Å². The standard InChI is InChI=1S/C18H27BrN2/c1-14-12-21(13-15-7-9-17(19)10-8-15)18(11-20-14)16-5-3-2-4-6-16/h7-10,14,16,18,20H,2-6,11-13H2,1H3. The Morgan fingerprint density at radius 3 is 2.57 bits per heavy atom. The van der Waals surface area contributed by atoms with Gasteiger partial charge in [0.2, 0.25) is 0 Å². The average Bonchev–Trinajstić information content (AvgIpc) is 2.51. The summed E-state index contributed by atoms with van der Waals surface area (Å²) in [5.41, 5.74) is 1.44. The molecular weight excluding hydrogens is 324 g/mol. The van der Waals surface area contributed by atoms with Crippen LogP contribution in [-0.2, 0) is 6.54 Å². The van der Waals surface area contributed by atoms with Gasteiger partial charge in [0, 0.05) is 36.2 Å². The Morgan fingerprint density at radius 1 is 1.14 bits per heavy atom. The minimum Gasteiger partial charge on any atom is -0.311 e. The van der Waals surface area contributed by atoms with E-state index in [-0.39, 0.29) is 0 Å². The van der Waals surface area contributed by atoms with Crippen molar-refractivity contribution in [2.75, 3.05) is 13.1 Å². The van der Waals surface area contributed by atoms with Crippen LogP contribution in [0.3, 0.4) is 0 Å². The first-order valence-electron chi connectivity index (χ1n) is 8.44. The first-order chi connectivity index (χ1) is 10.2. The van der Waals surface area contributed by atoms with Gasteiger partial charge in [-0.3, -0.25) is 4.90 Å². The molecule has 0 aromatic heterocycles. The zero-order valence-corrected chi connectivity index (χ0v) is 14.6. The van der Waals surface area contributed by atoms with Gasteiger partial charge in [-0.2, -0.15) is 0 Å². The fourth-order valence-corrected chi connectivity index (χ4v) is 4.26. The molecule has 1 saturated carbocycles. The van der Waals surface area contributed by atoms with Crippen molar-refractivity contribution in [3.05, 3.63) is 34.3 Å². The summed E-state index contributed by atoms with van der Waals surface area (Å²) in [7, 11) is 0. The van der Waals surface area contributed by atoms with E-state index < -0.39 is 0 Å². The Kier molecular flexibility index (Phi) is 5.36. The molecule has 0 bridgehead atoms. The van der Waals surface area contributed by atoms with Crippen LogP contribution in [0.1, 0.15) is 44.6 Å². The second-order valence-corrected chi connectivity index (χ2v) is 7.75. The van der Waals surface area contributed by atoms with Gasteiger partial charge in [0.1, 0.15) is 0 Å². The molecule has 1 aliphatic heterocycles. The molecule has 2 fully saturated rings. The highest BCUT2D eigenvalue weighted by molar-refractivity contribution is 9.10. The molecule has 0 amide bonds. The summed E-state index contributed by atoms with van der Waals surface area (Å²) >= 11 is 3.53. The van der Waals surface area contributed by atoms with E-state index in [0.29, 0.717) is 6.04 Å². The number of piperazine rings is 1. The smallest absolute Gasteiger partial charge is 0.0253 e. The molecule has 1 aliphatic carbocycles. The SMILES string of the molecule is CC1CN(Cc2ccc(Br)cc2)C(C2CCCCC2)CN1. The van der Waals surface area contributed by atoms with Crippen LogP contribution in [0.15, 0.2) is 28.7 Å². The number of nitrogens with zero attached hydrogens (tertiary/aromatic N) is 1. The van der Waals surface area contributed by atoms with Gasteiger partial charge in [-0.25, -0.2) is 0 Å². The third kappa shape index (κ3) is 4.08. The first-order valence-corrected chi connectivity index (χ1v) is 9.23. The lowest BCUT2D eigenvalue weighted by molar-refractivity contribution is 0.0689. The molecule has 1 heterocycles. The van der Waals surface area contributed by atoms with Crippen molar-refractivity contribution in [1.29, 1.82) is 0 Å². The number of benzene rings is 1. The second-order valence-electron chi connectivity index (χ2n) is 6.83. The lowest BCUT2D eigenvalue weighted by atomic mass is 9.82. The van der Waals surface area contributed by atoms with E-state index in [2.05, 4.69) is 57.3 Å². The van der Waals surface area contributed by atoms with Crippen LogP contribution in [0.25, 0.3) is 0 Å². The van der Waals surface area contributed by atoms with Crippen molar-refractivity contribution in [2.45, 2.75) is 57.7 Å². The fraction of sp³-hybridized carbons (Fsp3) is 0.667. The summed E-state index contributed by atoms with van der Waals surface area (Å²) in [6.45, 7) is 5.76. The monoisotopic (exact) mass is 350 g/mol. The van der Waals surface area contributed by atoms with Crippen molar-refractivity contribution in [3.63, 3.8) is 0 Å². The number of halogens is 1. The van der Waals surface area contributed by atoms with Crippen LogP contribution in [0.5, 0.6) is 0 Å². The van der Waals surface area contributed by atoms with Crippen molar-refractivity contribution < 1.29 is 0 Å². The van der Waals surface area contributed by atoms with E-state index in [4.69, 9.17) is 0 Å². The quantitative estimate of drug-likeness (QED) is 0.878. The van der Waals surface area contributed by atoms with Crippen molar-refractivity contribution >= 4 is 15.9 Å². The van der Waals surface area contributed by atoms with E-state index in [1.807, 2.05) is 0 Å². The normalized spacial score (nSPS) is 28.7. The summed E-state index contributed by atoms with van der Waals surface area (Å²) in [5.74, 6) is 0.897. The van der Waals surface area contributed by atoms with Gasteiger partial charge in [-0.05, 0) is 43.4 Å². The highest BCUT2D eigenvalue weighted by atomic mass is 79.9. The van der Waals surface area contributed by atoms with Crippen LogP contribution >= 0.6 is 15.9 Å². The topological polar surface area (TPSA) is 15.3 Å². The number of hydrogen-bond donors (Lipinski definition) is 1. The molecule has 1 saturated heterocycles. The molecule has 3 rings (SSSR count). The molecule has 2 aliphatic rings. The molecule has 3 heteroatoms. The molecule has 0 spiro atoms. The number of rotatable bonds is 3. The van der Waals surface area contributed by atoms with Gasteiger partial charge >= 0.3 is 0 Å². The summed E-state index contributed by atoms with van der Waals surface area (Å²) in [6.07, 6.45) is 7.17. The van der Waals surface area contributed by atoms with Gasteiger partial charge in [-0.15, -0.1) is 0 Å². The molecule has 2 atom stereocenters. The highest BCUT2D eigenvalue weighted by Gasteiger charge is 2.32. The maximum Gasteiger partial charge on any atom is 0.0253 e. The Labute approximate surface area is 137 Å². The molecular formula is C18H27BrN2. The Hall–Kier alpha value is -0.380. The molecule has 116 valence electrons. The summed E-state index contributed by atoms with van der Waals surface area (Å²) in [5, 5.41) is 3.71. The Balaban J connectivity index is 1.69. The lowest BCUT2D eigenvalue weighted by Gasteiger charge is -2.44. The summed E-state index contributed by atoms with van der Waals surface area (Å²) in [6, 6.07) is 10.2. The maximum atomic E-state index is 3.71. The third-order valence-electron chi connectivity index (χ3n) is 5.15. The van der Waals surface area contributed by atoms with E-state index in [0.717, 1.165) is 18.5 Å². The van der Waals surface area contributed by atoms with Crippen LogP contribution in [0.2, 0.25) is 0 Å². The van der Waals surface area contributed by atoms with Crippen LogP contribution in [0.4, 0.5) is 0 Å². The van der Waals surface area contributed by atoms with Crippen LogP contribution in [-0.4, -0.2) is 30.1 Å². The van der Waals surface area contributed by atoms with E-state index in [1.54, 1.807) is 0 Å². The van der Waals surface area contributed by atoms with Crippen molar-refractivity contribution in [2.24, 2.45) is 5.92 Å². The van der Waals surface area contributed by atoms with Gasteiger partial charge in [-0.1, -0.05) is 47.3 Å². The number of nitrogens with one attached hydrogen (secondary N) is 1. The maximum absolute atomic E-state index is 3.71. The predicted octanol–water partition coefficient (Wildman–Crippen LogP) is 4.19. The minimum atomic E-state index is 0.611. The van der Waals surface area contributed by atoms with Crippen LogP contribution in [0, 0.1) is 5.92 Å². The van der Waals surface area contributed by atoms with Gasteiger partial charge in [0.15, 0.2) is 0 Å². The zero-order valence-electron chi connectivity index (χ0n) is 13.0. The van der Waals surface area contributed by atoms with E-state index in [1.165, 1.54) is 55.2 Å². The first kappa shape index (κ1) is 15.5. The average molecular weight is 351 g/mol. The predicted molar refractivity (Wildman–Crippen MR) is 92.4 cm³/mol. The van der Waals surface area contributed by atoms with Crippen LogP contribution < -0.4 is 5.32 Å². The summed E-state index contributed by atoms with van der Waals surface area (Å²) in [4.78, 5) is 2.74. The minimum absolute atomic E-state index is 0.611. The molecule has 21 heavy (non-hydrogen) atoms. The molecule has 2 unspecified atom stereocenters.